The van der Waals surface area contributed by atoms with Gasteiger partial charge in [0.1, 0.15) is 0 Å². The predicted molar refractivity (Wildman–Crippen MR) is 76.9 cm³/mol. The molecule has 0 unspecified atom stereocenters. The van der Waals surface area contributed by atoms with Crippen LogP contribution in [-0.2, 0) is 18.7 Å². The van der Waals surface area contributed by atoms with Crippen molar-refractivity contribution in [3.8, 4) is 0 Å². The molecule has 1 saturated carbocycles. The molecule has 94 valence electrons. The van der Waals surface area contributed by atoms with E-state index in [0.29, 0.717) is 0 Å². The van der Waals surface area contributed by atoms with Crippen LogP contribution in [0.1, 0.15) is 28.2 Å². The summed E-state index contributed by atoms with van der Waals surface area (Å²) in [5.74, 6) is 2.54. The first kappa shape index (κ1) is 12.0. The zero-order valence-corrected chi connectivity index (χ0v) is 11.8. The Bertz CT molecular complexity index is 348. The molecule has 2 aliphatic rings. The van der Waals surface area contributed by atoms with Crippen LogP contribution >= 0.6 is 23.1 Å². The maximum atomic E-state index is 3.54. The Balaban J connectivity index is 1.39. The van der Waals surface area contributed by atoms with Gasteiger partial charge in [-0.2, -0.15) is 11.8 Å². The molecule has 1 fully saturated rings. The second-order valence-corrected chi connectivity index (χ2v) is 7.20. The smallest absolute Gasteiger partial charge is 0.0300 e. The van der Waals surface area contributed by atoms with Crippen molar-refractivity contribution < 1.29 is 0 Å². The Kier molecular flexibility index (Phi) is 4.06. The Morgan fingerprint density at radius 2 is 2.24 bits per heavy atom. The topological polar surface area (TPSA) is 24.1 Å². The van der Waals surface area contributed by atoms with Crippen LogP contribution in [-0.4, -0.2) is 24.9 Å². The summed E-state index contributed by atoms with van der Waals surface area (Å²) in [7, 11) is 0. The van der Waals surface area contributed by atoms with Crippen molar-refractivity contribution in [1.29, 1.82) is 0 Å². The van der Waals surface area contributed by atoms with E-state index in [-0.39, 0.29) is 0 Å². The Morgan fingerprint density at radius 3 is 3.06 bits per heavy atom. The van der Waals surface area contributed by atoms with Crippen molar-refractivity contribution in [2.45, 2.75) is 37.6 Å². The fourth-order valence-corrected chi connectivity index (χ4v) is 4.51. The summed E-state index contributed by atoms with van der Waals surface area (Å²) in [5, 5.41) is 7.06. The number of hydrogen-bond acceptors (Lipinski definition) is 4. The summed E-state index contributed by atoms with van der Waals surface area (Å²) in [6.07, 6.45) is 4.05. The summed E-state index contributed by atoms with van der Waals surface area (Å²) in [4.78, 5) is 3.15. The molecule has 0 bridgehead atoms. The number of hydrogen-bond donors (Lipinski definition) is 2. The van der Waals surface area contributed by atoms with E-state index in [2.05, 4.69) is 28.5 Å². The van der Waals surface area contributed by atoms with E-state index < -0.39 is 0 Å². The molecule has 1 aromatic heterocycles. The molecule has 0 amide bonds. The van der Waals surface area contributed by atoms with Crippen LogP contribution < -0.4 is 10.6 Å². The average Bonchev–Trinajstić information content (AvgIpc) is 3.07. The zero-order chi connectivity index (χ0) is 11.5. The molecule has 2 heterocycles. The van der Waals surface area contributed by atoms with Crippen LogP contribution in [0.2, 0.25) is 0 Å². The second kappa shape index (κ2) is 5.74. The van der Waals surface area contributed by atoms with Crippen LogP contribution in [0.25, 0.3) is 0 Å². The van der Waals surface area contributed by atoms with E-state index in [4.69, 9.17) is 0 Å². The van der Waals surface area contributed by atoms with E-state index in [1.807, 2.05) is 11.3 Å². The zero-order valence-electron chi connectivity index (χ0n) is 10.1. The van der Waals surface area contributed by atoms with Gasteiger partial charge in [-0.1, -0.05) is 0 Å². The minimum absolute atomic E-state index is 0.836. The number of aryl methyl sites for hydroxylation is 1. The minimum atomic E-state index is 0.836. The lowest BCUT2D eigenvalue weighted by atomic mass is 10.2. The minimum Gasteiger partial charge on any atom is -0.313 e. The fourth-order valence-electron chi connectivity index (χ4n) is 2.16. The number of rotatable bonds is 6. The molecular formula is C13H20N2S2. The SMILES string of the molecule is c1c(CNCCNC2CC2)sc2c1CSCC2. The molecule has 1 aromatic rings. The molecule has 1 aliphatic heterocycles. The highest BCUT2D eigenvalue weighted by Crippen LogP contribution is 2.31. The molecule has 0 saturated heterocycles. The van der Waals surface area contributed by atoms with Crippen LogP contribution in [0.4, 0.5) is 0 Å². The summed E-state index contributed by atoms with van der Waals surface area (Å²) in [6, 6.07) is 3.25. The third-order valence-electron chi connectivity index (χ3n) is 3.29. The van der Waals surface area contributed by atoms with Crippen LogP contribution in [0.3, 0.4) is 0 Å². The summed E-state index contributed by atoms with van der Waals surface area (Å²) >= 11 is 4.09. The molecular weight excluding hydrogens is 248 g/mol. The number of thioether (sulfide) groups is 1. The average molecular weight is 268 g/mol. The van der Waals surface area contributed by atoms with Gasteiger partial charge in [0.2, 0.25) is 0 Å². The number of fused-ring (bicyclic) bond motifs is 1. The molecule has 17 heavy (non-hydrogen) atoms. The van der Waals surface area contributed by atoms with Gasteiger partial charge in [-0.15, -0.1) is 11.3 Å². The van der Waals surface area contributed by atoms with Crippen LogP contribution in [0.15, 0.2) is 6.07 Å². The first-order chi connectivity index (χ1) is 8.42. The van der Waals surface area contributed by atoms with Gasteiger partial charge in [-0.25, -0.2) is 0 Å². The summed E-state index contributed by atoms with van der Waals surface area (Å²) in [6.45, 7) is 3.26. The second-order valence-electron chi connectivity index (χ2n) is 4.87. The van der Waals surface area contributed by atoms with Crippen molar-refractivity contribution in [3.63, 3.8) is 0 Å². The summed E-state index contributed by atoms with van der Waals surface area (Å²) in [5.41, 5.74) is 1.60. The van der Waals surface area contributed by atoms with Gasteiger partial charge < -0.3 is 10.6 Å². The van der Waals surface area contributed by atoms with Gasteiger partial charge >= 0.3 is 0 Å². The van der Waals surface area contributed by atoms with Gasteiger partial charge in [-0.05, 0) is 36.6 Å². The third kappa shape index (κ3) is 3.47. The van der Waals surface area contributed by atoms with Gasteiger partial charge in [0.25, 0.3) is 0 Å². The molecule has 0 aromatic carbocycles. The van der Waals surface area contributed by atoms with Crippen molar-refractivity contribution in [2.24, 2.45) is 0 Å². The third-order valence-corrected chi connectivity index (χ3v) is 5.54. The highest BCUT2D eigenvalue weighted by molar-refractivity contribution is 7.98. The maximum absolute atomic E-state index is 3.54. The van der Waals surface area contributed by atoms with E-state index in [9.17, 15) is 0 Å². The van der Waals surface area contributed by atoms with Crippen molar-refractivity contribution in [1.82, 2.24) is 10.6 Å². The highest BCUT2D eigenvalue weighted by atomic mass is 32.2. The number of nitrogens with one attached hydrogen (secondary N) is 2. The lowest BCUT2D eigenvalue weighted by Crippen LogP contribution is -2.28. The Labute approximate surface area is 112 Å². The molecule has 0 radical (unpaired) electrons. The Hall–Kier alpha value is -0.0300. The summed E-state index contributed by atoms with van der Waals surface area (Å²) < 4.78 is 0. The molecule has 4 heteroatoms. The lowest BCUT2D eigenvalue weighted by molar-refractivity contribution is 0.611. The molecule has 3 rings (SSSR count). The monoisotopic (exact) mass is 268 g/mol. The van der Waals surface area contributed by atoms with Gasteiger partial charge in [0, 0.05) is 41.2 Å². The van der Waals surface area contributed by atoms with Crippen LogP contribution in [0.5, 0.6) is 0 Å². The van der Waals surface area contributed by atoms with Gasteiger partial charge in [0.05, 0.1) is 0 Å². The van der Waals surface area contributed by atoms with Gasteiger partial charge in [0.15, 0.2) is 0 Å². The lowest BCUT2D eigenvalue weighted by Gasteiger charge is -2.08. The molecule has 2 N–H and O–H groups in total. The fraction of sp³-hybridized carbons (Fsp3) is 0.692. The highest BCUT2D eigenvalue weighted by Gasteiger charge is 2.19. The first-order valence-electron chi connectivity index (χ1n) is 6.54. The molecule has 0 atom stereocenters. The quantitative estimate of drug-likeness (QED) is 0.775. The first-order valence-corrected chi connectivity index (χ1v) is 8.51. The van der Waals surface area contributed by atoms with Crippen molar-refractivity contribution in [3.05, 3.63) is 21.4 Å². The predicted octanol–water partition coefficient (Wildman–Crippen LogP) is 2.38. The van der Waals surface area contributed by atoms with E-state index in [1.165, 1.54) is 35.6 Å². The van der Waals surface area contributed by atoms with E-state index in [0.717, 1.165) is 25.7 Å². The molecule has 0 spiro atoms. The van der Waals surface area contributed by atoms with Crippen LogP contribution in [0, 0.1) is 0 Å². The van der Waals surface area contributed by atoms with E-state index >= 15 is 0 Å². The maximum Gasteiger partial charge on any atom is 0.0300 e. The van der Waals surface area contributed by atoms with Crippen molar-refractivity contribution in [2.75, 3.05) is 18.8 Å². The Morgan fingerprint density at radius 1 is 1.29 bits per heavy atom. The van der Waals surface area contributed by atoms with Crippen molar-refractivity contribution >= 4 is 23.1 Å². The van der Waals surface area contributed by atoms with Gasteiger partial charge in [-0.3, -0.25) is 0 Å². The molecule has 1 aliphatic carbocycles. The normalized spacial score (nSPS) is 19.3. The molecule has 2 nitrogen and oxygen atoms in total. The number of thiophene rings is 1. The largest absolute Gasteiger partial charge is 0.313 e. The van der Waals surface area contributed by atoms with E-state index in [1.54, 1.807) is 10.4 Å². The standard InChI is InChI=1S/C13H20N2S2/c1-2-11(1)15-5-4-14-8-12-7-10-9-16-6-3-13(10)17-12/h7,11,14-15H,1-6,8-9H2.